The van der Waals surface area contributed by atoms with Crippen molar-refractivity contribution in [2.24, 2.45) is 0 Å². The van der Waals surface area contributed by atoms with Gasteiger partial charge in [-0.2, -0.15) is 0 Å². The molecule has 0 unspecified atom stereocenters. The number of amides is 1. The van der Waals surface area contributed by atoms with Gasteiger partial charge in [-0.25, -0.2) is 9.97 Å². The number of benzene rings is 1. The predicted molar refractivity (Wildman–Crippen MR) is 79.8 cm³/mol. The first-order valence-corrected chi connectivity index (χ1v) is 6.79. The number of anilines is 1. The number of carbonyl (C=O) groups is 1. The normalized spacial score (nSPS) is 10.2. The highest BCUT2D eigenvalue weighted by Crippen LogP contribution is 2.23. The average Bonchev–Trinajstić information content (AvgIpc) is 2.38. The molecule has 0 spiro atoms. The van der Waals surface area contributed by atoms with Crippen molar-refractivity contribution < 1.29 is 9.53 Å². The summed E-state index contributed by atoms with van der Waals surface area (Å²) < 4.78 is 6.13. The molecule has 2 aromatic rings. The number of rotatable bonds is 4. The quantitative estimate of drug-likeness (QED) is 0.932. The van der Waals surface area contributed by atoms with Crippen molar-refractivity contribution in [2.45, 2.75) is 13.3 Å². The van der Waals surface area contributed by atoms with Crippen LogP contribution in [-0.2, 0) is 11.2 Å². The molecule has 1 N–H and O–H groups in total. The van der Waals surface area contributed by atoms with Crippen molar-refractivity contribution in [3.63, 3.8) is 0 Å². The molecule has 0 aliphatic rings. The smallest absolute Gasteiger partial charge is 0.231 e. The monoisotopic (exact) mass is 335 g/mol. The summed E-state index contributed by atoms with van der Waals surface area (Å²) in [6.07, 6.45) is 1.80. The molecule has 1 amide bonds. The molecule has 1 aromatic heterocycles. The third-order valence-corrected chi connectivity index (χ3v) is 3.13. The maximum atomic E-state index is 12.0. The van der Waals surface area contributed by atoms with Crippen LogP contribution in [0, 0.1) is 6.92 Å². The fourth-order valence-corrected chi connectivity index (χ4v) is 2.14. The van der Waals surface area contributed by atoms with Crippen molar-refractivity contribution >= 4 is 27.8 Å². The van der Waals surface area contributed by atoms with E-state index in [1.807, 2.05) is 25.1 Å². The van der Waals surface area contributed by atoms with Gasteiger partial charge in [0, 0.05) is 21.9 Å². The molecular weight excluding hydrogens is 322 g/mol. The van der Waals surface area contributed by atoms with Crippen LogP contribution >= 0.6 is 15.9 Å². The third kappa shape index (κ3) is 3.77. The van der Waals surface area contributed by atoms with Crippen LogP contribution in [0.5, 0.6) is 5.75 Å². The molecule has 2 rings (SSSR count). The molecule has 0 saturated carbocycles. The van der Waals surface area contributed by atoms with Crippen LogP contribution in [0.3, 0.4) is 0 Å². The third-order valence-electron chi connectivity index (χ3n) is 2.64. The molecule has 0 bridgehead atoms. The van der Waals surface area contributed by atoms with Gasteiger partial charge < -0.3 is 4.74 Å². The number of hydrogen-bond donors (Lipinski definition) is 1. The van der Waals surface area contributed by atoms with Gasteiger partial charge in [-0.1, -0.05) is 15.9 Å². The largest absolute Gasteiger partial charge is 0.496 e. The lowest BCUT2D eigenvalue weighted by Crippen LogP contribution is -2.17. The summed E-state index contributed by atoms with van der Waals surface area (Å²) in [6.45, 7) is 1.84. The Morgan fingerprint density at radius 2 is 2.20 bits per heavy atom. The van der Waals surface area contributed by atoms with Crippen molar-refractivity contribution in [3.05, 3.63) is 46.2 Å². The number of carbonyl (C=O) groups excluding carboxylic acids is 1. The summed E-state index contributed by atoms with van der Waals surface area (Å²) in [4.78, 5) is 20.1. The Bertz CT molecular complexity index is 632. The SMILES string of the molecule is COc1ccc(Br)cc1CC(=O)Nc1nccc(C)n1. The Morgan fingerprint density at radius 1 is 1.40 bits per heavy atom. The van der Waals surface area contributed by atoms with Crippen LogP contribution in [0.15, 0.2) is 34.9 Å². The lowest BCUT2D eigenvalue weighted by Gasteiger charge is -2.09. The molecule has 1 heterocycles. The van der Waals surface area contributed by atoms with Gasteiger partial charge in [0.25, 0.3) is 0 Å². The number of hydrogen-bond acceptors (Lipinski definition) is 4. The average molecular weight is 336 g/mol. The van der Waals surface area contributed by atoms with Crippen LogP contribution in [-0.4, -0.2) is 23.0 Å². The standard InChI is InChI=1S/C14H14BrN3O2/c1-9-5-6-16-14(17-9)18-13(19)8-10-7-11(15)3-4-12(10)20-2/h3-7H,8H2,1-2H3,(H,16,17,18,19). The zero-order chi connectivity index (χ0) is 14.5. The number of halogens is 1. The molecular formula is C14H14BrN3O2. The molecule has 0 atom stereocenters. The number of nitrogens with zero attached hydrogens (tertiary/aromatic N) is 2. The Balaban J connectivity index is 2.10. The number of ether oxygens (including phenoxy) is 1. The van der Waals surface area contributed by atoms with Gasteiger partial charge in [0.1, 0.15) is 5.75 Å². The van der Waals surface area contributed by atoms with Gasteiger partial charge in [-0.05, 0) is 31.2 Å². The van der Waals surface area contributed by atoms with E-state index >= 15 is 0 Å². The summed E-state index contributed by atoms with van der Waals surface area (Å²) >= 11 is 3.38. The van der Waals surface area contributed by atoms with E-state index in [1.54, 1.807) is 19.4 Å². The maximum Gasteiger partial charge on any atom is 0.231 e. The zero-order valence-corrected chi connectivity index (χ0v) is 12.8. The fourth-order valence-electron chi connectivity index (χ4n) is 1.74. The summed E-state index contributed by atoms with van der Waals surface area (Å²) in [5.41, 5.74) is 1.60. The van der Waals surface area contributed by atoms with Crippen LogP contribution in [0.25, 0.3) is 0 Å². The molecule has 1 aromatic carbocycles. The van der Waals surface area contributed by atoms with Crippen molar-refractivity contribution in [3.8, 4) is 5.75 Å². The molecule has 0 aliphatic carbocycles. The Labute approximate surface area is 125 Å². The van der Waals surface area contributed by atoms with Gasteiger partial charge in [0.05, 0.1) is 13.5 Å². The molecule has 5 nitrogen and oxygen atoms in total. The highest BCUT2D eigenvalue weighted by molar-refractivity contribution is 9.10. The molecule has 104 valence electrons. The summed E-state index contributed by atoms with van der Waals surface area (Å²) in [5.74, 6) is 0.796. The maximum absolute atomic E-state index is 12.0. The van der Waals surface area contributed by atoms with E-state index in [4.69, 9.17) is 4.74 Å². The highest BCUT2D eigenvalue weighted by atomic mass is 79.9. The van der Waals surface area contributed by atoms with E-state index in [9.17, 15) is 4.79 Å². The van der Waals surface area contributed by atoms with E-state index < -0.39 is 0 Å². The minimum atomic E-state index is -0.188. The van der Waals surface area contributed by atoms with Crippen LogP contribution in [0.1, 0.15) is 11.3 Å². The van der Waals surface area contributed by atoms with E-state index in [2.05, 4.69) is 31.2 Å². The van der Waals surface area contributed by atoms with Gasteiger partial charge in [-0.3, -0.25) is 10.1 Å². The number of aryl methyl sites for hydroxylation is 1. The molecule has 0 aliphatic heterocycles. The molecule has 0 radical (unpaired) electrons. The van der Waals surface area contributed by atoms with Gasteiger partial charge >= 0.3 is 0 Å². The molecule has 6 heteroatoms. The second-order valence-corrected chi connectivity index (χ2v) is 5.12. The van der Waals surface area contributed by atoms with Crippen molar-refractivity contribution in [2.75, 3.05) is 12.4 Å². The van der Waals surface area contributed by atoms with Crippen LogP contribution in [0.2, 0.25) is 0 Å². The lowest BCUT2D eigenvalue weighted by atomic mass is 10.1. The first-order valence-electron chi connectivity index (χ1n) is 6.00. The first kappa shape index (κ1) is 14.5. The highest BCUT2D eigenvalue weighted by Gasteiger charge is 2.10. The van der Waals surface area contributed by atoms with E-state index in [-0.39, 0.29) is 12.3 Å². The van der Waals surface area contributed by atoms with Gasteiger partial charge in [0.15, 0.2) is 0 Å². The summed E-state index contributed by atoms with van der Waals surface area (Å²) in [5, 5.41) is 2.67. The molecule has 20 heavy (non-hydrogen) atoms. The predicted octanol–water partition coefficient (Wildman–Crippen LogP) is 2.74. The molecule has 0 fully saturated rings. The Morgan fingerprint density at radius 3 is 2.90 bits per heavy atom. The van der Waals surface area contributed by atoms with Crippen LogP contribution < -0.4 is 10.1 Å². The van der Waals surface area contributed by atoms with Gasteiger partial charge in [0.2, 0.25) is 11.9 Å². The zero-order valence-electron chi connectivity index (χ0n) is 11.2. The number of nitrogens with one attached hydrogen (secondary N) is 1. The Kier molecular flexibility index (Phi) is 4.68. The minimum absolute atomic E-state index is 0.188. The fraction of sp³-hybridized carbons (Fsp3) is 0.214. The van der Waals surface area contributed by atoms with Crippen LogP contribution in [0.4, 0.5) is 5.95 Å². The first-order chi connectivity index (χ1) is 9.58. The number of methoxy groups -OCH3 is 1. The number of aromatic nitrogens is 2. The van der Waals surface area contributed by atoms with Crippen molar-refractivity contribution in [1.29, 1.82) is 0 Å². The minimum Gasteiger partial charge on any atom is -0.496 e. The summed E-state index contributed by atoms with van der Waals surface area (Å²) in [7, 11) is 1.58. The Hall–Kier alpha value is -1.95. The second kappa shape index (κ2) is 6.47. The second-order valence-electron chi connectivity index (χ2n) is 4.20. The van der Waals surface area contributed by atoms with E-state index in [1.165, 1.54) is 0 Å². The molecule has 0 saturated heterocycles. The van der Waals surface area contributed by atoms with E-state index in [0.29, 0.717) is 11.7 Å². The lowest BCUT2D eigenvalue weighted by molar-refractivity contribution is -0.115. The van der Waals surface area contributed by atoms with Crippen molar-refractivity contribution in [1.82, 2.24) is 9.97 Å². The summed E-state index contributed by atoms with van der Waals surface area (Å²) in [6, 6.07) is 7.31. The van der Waals surface area contributed by atoms with E-state index in [0.717, 1.165) is 15.7 Å². The van der Waals surface area contributed by atoms with Gasteiger partial charge in [-0.15, -0.1) is 0 Å². The topological polar surface area (TPSA) is 64.1 Å².